The van der Waals surface area contributed by atoms with Crippen molar-refractivity contribution in [2.45, 2.75) is 12.8 Å². The number of alkyl halides is 1. The highest BCUT2D eigenvalue weighted by atomic mass is 35.5. The molecule has 0 amide bonds. The summed E-state index contributed by atoms with van der Waals surface area (Å²) in [7, 11) is 0. The van der Waals surface area contributed by atoms with Gasteiger partial charge in [-0.1, -0.05) is 0 Å². The van der Waals surface area contributed by atoms with Crippen LogP contribution in [0, 0.1) is 6.92 Å². The summed E-state index contributed by atoms with van der Waals surface area (Å²) in [6.07, 6.45) is 1.70. The molecule has 5 heteroatoms. The van der Waals surface area contributed by atoms with Crippen LogP contribution in [0.15, 0.2) is 22.7 Å². The molecule has 0 aromatic carbocycles. The lowest BCUT2D eigenvalue weighted by Gasteiger charge is -1.93. The van der Waals surface area contributed by atoms with E-state index >= 15 is 0 Å². The maximum Gasteiger partial charge on any atom is 0.249 e. The van der Waals surface area contributed by atoms with E-state index in [1.54, 1.807) is 6.20 Å². The Balaban J connectivity index is 2.34. The molecule has 4 nitrogen and oxygen atoms in total. The maximum absolute atomic E-state index is 5.54. The summed E-state index contributed by atoms with van der Waals surface area (Å²) in [4.78, 5) is 4.13. The van der Waals surface area contributed by atoms with Gasteiger partial charge in [0.05, 0.1) is 5.56 Å². The predicted octanol–water partition coefficient (Wildman–Crippen LogP) is 2.18. The van der Waals surface area contributed by atoms with E-state index in [0.29, 0.717) is 11.8 Å². The van der Waals surface area contributed by atoms with Gasteiger partial charge >= 0.3 is 0 Å². The third-order valence-electron chi connectivity index (χ3n) is 1.74. The average molecular weight is 210 g/mol. The first-order chi connectivity index (χ1) is 6.79. The summed E-state index contributed by atoms with van der Waals surface area (Å²) < 4.78 is 5.26. The van der Waals surface area contributed by atoms with E-state index in [1.165, 1.54) is 0 Å². The molecule has 0 aliphatic carbocycles. The molecule has 0 spiro atoms. The molecule has 0 fully saturated rings. The van der Waals surface area contributed by atoms with Crippen LogP contribution in [0.3, 0.4) is 0 Å². The molecular weight excluding hydrogens is 202 g/mol. The SMILES string of the molecule is Cc1ccc(-c2nnc(CCl)o2)cn1. The van der Waals surface area contributed by atoms with Gasteiger partial charge in [-0.2, -0.15) is 0 Å². The first-order valence-corrected chi connectivity index (χ1v) is 4.64. The summed E-state index contributed by atoms with van der Waals surface area (Å²) in [6.45, 7) is 1.92. The average Bonchev–Trinajstić information content (AvgIpc) is 2.67. The molecule has 2 rings (SSSR count). The van der Waals surface area contributed by atoms with Crippen molar-refractivity contribution in [3.05, 3.63) is 29.9 Å². The van der Waals surface area contributed by atoms with Gasteiger partial charge < -0.3 is 4.42 Å². The molecule has 14 heavy (non-hydrogen) atoms. The molecule has 0 radical (unpaired) electrons. The van der Waals surface area contributed by atoms with Crippen LogP contribution in [0.25, 0.3) is 11.5 Å². The topological polar surface area (TPSA) is 51.8 Å². The summed E-state index contributed by atoms with van der Waals surface area (Å²) >= 11 is 5.54. The number of rotatable bonds is 2. The molecule has 2 aromatic heterocycles. The van der Waals surface area contributed by atoms with Crippen LogP contribution in [0.4, 0.5) is 0 Å². The first kappa shape index (κ1) is 9.15. The summed E-state index contributed by atoms with van der Waals surface area (Å²) in [6, 6.07) is 3.77. The highest BCUT2D eigenvalue weighted by Gasteiger charge is 2.07. The Bertz CT molecular complexity index is 424. The Hall–Kier alpha value is -1.42. The second-order valence-electron chi connectivity index (χ2n) is 2.82. The van der Waals surface area contributed by atoms with Gasteiger partial charge in [-0.15, -0.1) is 21.8 Å². The zero-order chi connectivity index (χ0) is 9.97. The fourth-order valence-corrected chi connectivity index (χ4v) is 1.13. The Morgan fingerprint density at radius 2 is 2.21 bits per heavy atom. The highest BCUT2D eigenvalue weighted by Crippen LogP contribution is 2.17. The van der Waals surface area contributed by atoms with E-state index in [4.69, 9.17) is 16.0 Å². The summed E-state index contributed by atoms with van der Waals surface area (Å²) in [5, 5.41) is 7.60. The van der Waals surface area contributed by atoms with Crippen LogP contribution in [-0.4, -0.2) is 15.2 Å². The third-order valence-corrected chi connectivity index (χ3v) is 1.97. The lowest BCUT2D eigenvalue weighted by atomic mass is 10.2. The lowest BCUT2D eigenvalue weighted by molar-refractivity contribution is 0.527. The molecule has 0 saturated carbocycles. The largest absolute Gasteiger partial charge is 0.419 e. The minimum atomic E-state index is 0.228. The molecular formula is C9H8ClN3O. The number of aromatic nitrogens is 3. The smallest absolute Gasteiger partial charge is 0.249 e. The Kier molecular flexibility index (Phi) is 2.45. The molecule has 0 N–H and O–H groups in total. The molecule has 0 aliphatic heterocycles. The van der Waals surface area contributed by atoms with Crippen molar-refractivity contribution >= 4 is 11.6 Å². The van der Waals surface area contributed by atoms with Crippen molar-refractivity contribution in [2.75, 3.05) is 0 Å². The molecule has 2 heterocycles. The van der Waals surface area contributed by atoms with E-state index in [1.807, 2.05) is 19.1 Å². The normalized spacial score (nSPS) is 10.4. The zero-order valence-corrected chi connectivity index (χ0v) is 8.32. The molecule has 0 aliphatic rings. The minimum absolute atomic E-state index is 0.228. The van der Waals surface area contributed by atoms with Crippen LogP contribution in [-0.2, 0) is 5.88 Å². The molecule has 2 aromatic rings. The van der Waals surface area contributed by atoms with Crippen molar-refractivity contribution in [2.24, 2.45) is 0 Å². The standard InChI is InChI=1S/C9H8ClN3O/c1-6-2-3-7(5-11-6)9-13-12-8(4-10)14-9/h2-3,5H,4H2,1H3. The van der Waals surface area contributed by atoms with E-state index < -0.39 is 0 Å². The van der Waals surface area contributed by atoms with Crippen LogP contribution in [0.5, 0.6) is 0 Å². The van der Waals surface area contributed by atoms with Crippen molar-refractivity contribution in [1.29, 1.82) is 0 Å². The second kappa shape index (κ2) is 3.75. The fourth-order valence-electron chi connectivity index (χ4n) is 1.02. The molecule has 72 valence electrons. The second-order valence-corrected chi connectivity index (χ2v) is 3.09. The van der Waals surface area contributed by atoms with E-state index in [0.717, 1.165) is 11.3 Å². The number of pyridine rings is 1. The number of halogens is 1. The monoisotopic (exact) mass is 209 g/mol. The van der Waals surface area contributed by atoms with Gasteiger partial charge in [0.15, 0.2) is 0 Å². The van der Waals surface area contributed by atoms with Gasteiger partial charge in [0, 0.05) is 11.9 Å². The maximum atomic E-state index is 5.54. The lowest BCUT2D eigenvalue weighted by Crippen LogP contribution is -1.82. The van der Waals surface area contributed by atoms with Crippen molar-refractivity contribution < 1.29 is 4.42 Å². The van der Waals surface area contributed by atoms with Crippen molar-refractivity contribution in [3.63, 3.8) is 0 Å². The Morgan fingerprint density at radius 1 is 1.36 bits per heavy atom. The molecule has 0 unspecified atom stereocenters. The van der Waals surface area contributed by atoms with Crippen molar-refractivity contribution in [1.82, 2.24) is 15.2 Å². The van der Waals surface area contributed by atoms with Gasteiger partial charge in [-0.05, 0) is 19.1 Å². The Labute approximate surface area is 85.9 Å². The van der Waals surface area contributed by atoms with Crippen molar-refractivity contribution in [3.8, 4) is 11.5 Å². The van der Waals surface area contributed by atoms with Gasteiger partial charge in [0.1, 0.15) is 5.88 Å². The zero-order valence-electron chi connectivity index (χ0n) is 7.57. The molecule has 0 saturated heterocycles. The van der Waals surface area contributed by atoms with E-state index in [-0.39, 0.29) is 5.88 Å². The van der Waals surface area contributed by atoms with Gasteiger partial charge in [0.2, 0.25) is 11.8 Å². The number of hydrogen-bond acceptors (Lipinski definition) is 4. The predicted molar refractivity (Wildman–Crippen MR) is 51.8 cm³/mol. The van der Waals surface area contributed by atoms with E-state index in [2.05, 4.69) is 15.2 Å². The number of aryl methyl sites for hydroxylation is 1. The number of hydrogen-bond donors (Lipinski definition) is 0. The van der Waals surface area contributed by atoms with Gasteiger partial charge in [0.25, 0.3) is 0 Å². The van der Waals surface area contributed by atoms with Crippen LogP contribution >= 0.6 is 11.6 Å². The van der Waals surface area contributed by atoms with Gasteiger partial charge in [-0.25, -0.2) is 0 Å². The summed E-state index contributed by atoms with van der Waals surface area (Å²) in [5.41, 5.74) is 1.75. The Morgan fingerprint density at radius 3 is 2.79 bits per heavy atom. The molecule has 0 atom stereocenters. The van der Waals surface area contributed by atoms with E-state index in [9.17, 15) is 0 Å². The minimum Gasteiger partial charge on any atom is -0.419 e. The van der Waals surface area contributed by atoms with Crippen LogP contribution < -0.4 is 0 Å². The van der Waals surface area contributed by atoms with Crippen LogP contribution in [0.2, 0.25) is 0 Å². The number of nitrogens with zero attached hydrogens (tertiary/aromatic N) is 3. The first-order valence-electron chi connectivity index (χ1n) is 4.11. The summed E-state index contributed by atoms with van der Waals surface area (Å²) in [5.74, 6) is 1.10. The fraction of sp³-hybridized carbons (Fsp3) is 0.222. The van der Waals surface area contributed by atoms with Gasteiger partial charge in [-0.3, -0.25) is 4.98 Å². The van der Waals surface area contributed by atoms with Crippen LogP contribution in [0.1, 0.15) is 11.6 Å². The molecule has 0 bridgehead atoms. The quantitative estimate of drug-likeness (QED) is 0.712. The third kappa shape index (κ3) is 1.75. The highest BCUT2D eigenvalue weighted by molar-refractivity contribution is 6.16.